The van der Waals surface area contributed by atoms with Crippen LogP contribution in [0.5, 0.6) is 0 Å². The number of aryl methyl sites for hydroxylation is 2. The molecule has 2 amide bonds. The van der Waals surface area contributed by atoms with E-state index in [-0.39, 0.29) is 11.8 Å². The first-order valence-electron chi connectivity index (χ1n) is 8.84. The largest absolute Gasteiger partial charge is 0.342 e. The van der Waals surface area contributed by atoms with Gasteiger partial charge in [-0.2, -0.15) is 5.10 Å². The molecule has 1 aromatic rings. The second kappa shape index (κ2) is 7.34. The Labute approximate surface area is 143 Å². The SMILES string of the molecule is Cc1cc(C(=O)N2CCN(CC(=O)N3CCCCC3)CC2)n(C)n1. The zero-order chi connectivity index (χ0) is 17.1. The van der Waals surface area contributed by atoms with Gasteiger partial charge >= 0.3 is 0 Å². The Kier molecular flexibility index (Phi) is 5.18. The van der Waals surface area contributed by atoms with E-state index in [1.807, 2.05) is 22.8 Å². The third kappa shape index (κ3) is 3.77. The van der Waals surface area contributed by atoms with Crippen LogP contribution in [0.25, 0.3) is 0 Å². The van der Waals surface area contributed by atoms with E-state index < -0.39 is 0 Å². The van der Waals surface area contributed by atoms with E-state index in [0.717, 1.165) is 44.7 Å². The van der Waals surface area contributed by atoms with Crippen LogP contribution in [0.1, 0.15) is 35.4 Å². The number of aromatic nitrogens is 2. The molecule has 0 saturated carbocycles. The van der Waals surface area contributed by atoms with Gasteiger partial charge in [-0.25, -0.2) is 0 Å². The molecule has 132 valence electrons. The Morgan fingerprint density at radius 2 is 1.67 bits per heavy atom. The van der Waals surface area contributed by atoms with E-state index in [0.29, 0.717) is 25.3 Å². The Hall–Kier alpha value is -1.89. The topological polar surface area (TPSA) is 61.7 Å². The summed E-state index contributed by atoms with van der Waals surface area (Å²) >= 11 is 0. The van der Waals surface area contributed by atoms with Crippen molar-refractivity contribution in [2.24, 2.45) is 7.05 Å². The van der Waals surface area contributed by atoms with Gasteiger partial charge in [0.2, 0.25) is 5.91 Å². The van der Waals surface area contributed by atoms with Gasteiger partial charge in [-0.15, -0.1) is 0 Å². The minimum Gasteiger partial charge on any atom is -0.342 e. The molecule has 2 fully saturated rings. The molecule has 0 aliphatic carbocycles. The monoisotopic (exact) mass is 333 g/mol. The van der Waals surface area contributed by atoms with Crippen molar-refractivity contribution >= 4 is 11.8 Å². The van der Waals surface area contributed by atoms with Crippen LogP contribution < -0.4 is 0 Å². The van der Waals surface area contributed by atoms with E-state index in [1.165, 1.54) is 6.42 Å². The van der Waals surface area contributed by atoms with Gasteiger partial charge in [0.25, 0.3) is 5.91 Å². The van der Waals surface area contributed by atoms with E-state index >= 15 is 0 Å². The number of carbonyl (C=O) groups is 2. The number of carbonyl (C=O) groups excluding carboxylic acids is 2. The number of hydrogen-bond acceptors (Lipinski definition) is 4. The third-order valence-electron chi connectivity index (χ3n) is 4.95. The molecular weight excluding hydrogens is 306 g/mol. The summed E-state index contributed by atoms with van der Waals surface area (Å²) in [6.07, 6.45) is 3.48. The minimum atomic E-state index is 0.0279. The van der Waals surface area contributed by atoms with Gasteiger partial charge in [0.1, 0.15) is 5.69 Å². The average molecular weight is 333 g/mol. The van der Waals surface area contributed by atoms with Crippen molar-refractivity contribution in [3.8, 4) is 0 Å². The van der Waals surface area contributed by atoms with Crippen LogP contribution >= 0.6 is 0 Å². The van der Waals surface area contributed by atoms with Crippen LogP contribution in [0.2, 0.25) is 0 Å². The first-order valence-corrected chi connectivity index (χ1v) is 8.84. The Morgan fingerprint density at radius 1 is 1.00 bits per heavy atom. The normalized spacial score (nSPS) is 19.6. The quantitative estimate of drug-likeness (QED) is 0.808. The van der Waals surface area contributed by atoms with E-state index in [1.54, 1.807) is 11.7 Å². The Morgan fingerprint density at radius 3 is 2.25 bits per heavy atom. The van der Waals surface area contributed by atoms with Gasteiger partial charge in [0.05, 0.1) is 12.2 Å². The summed E-state index contributed by atoms with van der Waals surface area (Å²) in [7, 11) is 1.80. The molecule has 1 aromatic heterocycles. The zero-order valence-electron chi connectivity index (χ0n) is 14.7. The number of nitrogens with zero attached hydrogens (tertiary/aromatic N) is 5. The van der Waals surface area contributed by atoms with Crippen molar-refractivity contribution in [1.29, 1.82) is 0 Å². The summed E-state index contributed by atoms with van der Waals surface area (Å²) in [6.45, 7) is 7.00. The maximum absolute atomic E-state index is 12.6. The van der Waals surface area contributed by atoms with Gasteiger partial charge in [-0.05, 0) is 32.3 Å². The smallest absolute Gasteiger partial charge is 0.272 e. The van der Waals surface area contributed by atoms with Crippen molar-refractivity contribution in [2.75, 3.05) is 45.8 Å². The molecule has 7 heteroatoms. The van der Waals surface area contributed by atoms with Gasteiger partial charge < -0.3 is 9.80 Å². The number of hydrogen-bond donors (Lipinski definition) is 0. The standard InChI is InChI=1S/C17H27N5O2/c1-14-12-15(19(2)18-14)17(24)22-10-8-20(9-11-22)13-16(23)21-6-4-3-5-7-21/h12H,3-11,13H2,1-2H3. The predicted octanol–water partition coefficient (Wildman–Crippen LogP) is 0.499. The summed E-state index contributed by atoms with van der Waals surface area (Å²) in [5, 5.41) is 4.24. The lowest BCUT2D eigenvalue weighted by molar-refractivity contribution is -0.133. The fraction of sp³-hybridized carbons (Fsp3) is 0.706. The lowest BCUT2D eigenvalue weighted by Crippen LogP contribution is -2.52. The zero-order valence-corrected chi connectivity index (χ0v) is 14.7. The number of likely N-dealkylation sites (tertiary alicyclic amines) is 1. The number of piperidine rings is 1. The van der Waals surface area contributed by atoms with E-state index in [2.05, 4.69) is 10.00 Å². The summed E-state index contributed by atoms with van der Waals surface area (Å²) in [5.74, 6) is 0.261. The highest BCUT2D eigenvalue weighted by molar-refractivity contribution is 5.92. The van der Waals surface area contributed by atoms with E-state index in [4.69, 9.17) is 0 Å². The number of piperazine rings is 1. The number of amides is 2. The summed E-state index contributed by atoms with van der Waals surface area (Å²) in [4.78, 5) is 30.9. The molecule has 0 radical (unpaired) electrons. The van der Waals surface area contributed by atoms with E-state index in [9.17, 15) is 9.59 Å². The van der Waals surface area contributed by atoms with Gasteiger partial charge in [0, 0.05) is 46.3 Å². The second-order valence-electron chi connectivity index (χ2n) is 6.80. The minimum absolute atomic E-state index is 0.0279. The van der Waals surface area contributed by atoms with Gasteiger partial charge in [0.15, 0.2) is 0 Å². The molecule has 0 bridgehead atoms. The summed E-state index contributed by atoms with van der Waals surface area (Å²) in [6, 6.07) is 1.83. The van der Waals surface area contributed by atoms with Crippen molar-refractivity contribution in [3.63, 3.8) is 0 Å². The molecule has 2 aliphatic rings. The van der Waals surface area contributed by atoms with Gasteiger partial charge in [-0.3, -0.25) is 19.2 Å². The fourth-order valence-electron chi connectivity index (χ4n) is 3.52. The highest BCUT2D eigenvalue weighted by Gasteiger charge is 2.26. The molecule has 2 aliphatic heterocycles. The molecule has 0 unspecified atom stereocenters. The van der Waals surface area contributed by atoms with Crippen molar-refractivity contribution < 1.29 is 9.59 Å². The second-order valence-corrected chi connectivity index (χ2v) is 6.80. The van der Waals surface area contributed by atoms with Crippen molar-refractivity contribution in [2.45, 2.75) is 26.2 Å². The summed E-state index contributed by atoms with van der Waals surface area (Å²) < 4.78 is 1.64. The lowest BCUT2D eigenvalue weighted by atomic mass is 10.1. The molecule has 7 nitrogen and oxygen atoms in total. The highest BCUT2D eigenvalue weighted by atomic mass is 16.2. The Bertz CT molecular complexity index is 598. The molecule has 0 spiro atoms. The third-order valence-corrected chi connectivity index (χ3v) is 4.95. The molecule has 3 heterocycles. The maximum atomic E-state index is 12.6. The van der Waals surface area contributed by atoms with Crippen LogP contribution in [0.4, 0.5) is 0 Å². The maximum Gasteiger partial charge on any atom is 0.272 e. The molecule has 0 atom stereocenters. The van der Waals surface area contributed by atoms with Gasteiger partial charge in [-0.1, -0.05) is 0 Å². The first-order chi connectivity index (χ1) is 11.5. The Balaban J connectivity index is 1.49. The van der Waals surface area contributed by atoms with Crippen LogP contribution in [0.15, 0.2) is 6.07 Å². The first kappa shape index (κ1) is 17.0. The lowest BCUT2D eigenvalue weighted by Gasteiger charge is -2.36. The predicted molar refractivity (Wildman–Crippen MR) is 90.7 cm³/mol. The number of rotatable bonds is 3. The molecule has 24 heavy (non-hydrogen) atoms. The molecule has 0 aromatic carbocycles. The molecule has 3 rings (SSSR count). The van der Waals surface area contributed by atoms with Crippen LogP contribution in [-0.2, 0) is 11.8 Å². The average Bonchev–Trinajstić information content (AvgIpc) is 2.94. The van der Waals surface area contributed by atoms with Crippen LogP contribution in [-0.4, -0.2) is 82.1 Å². The molecule has 0 N–H and O–H groups in total. The van der Waals surface area contributed by atoms with Crippen molar-refractivity contribution in [1.82, 2.24) is 24.5 Å². The highest BCUT2D eigenvalue weighted by Crippen LogP contribution is 2.12. The molecular formula is C17H27N5O2. The van der Waals surface area contributed by atoms with Crippen LogP contribution in [0, 0.1) is 6.92 Å². The summed E-state index contributed by atoms with van der Waals surface area (Å²) in [5.41, 5.74) is 1.48. The molecule has 2 saturated heterocycles. The van der Waals surface area contributed by atoms with Crippen molar-refractivity contribution in [3.05, 3.63) is 17.5 Å². The fourth-order valence-corrected chi connectivity index (χ4v) is 3.52. The van der Waals surface area contributed by atoms with Crippen LogP contribution in [0.3, 0.4) is 0 Å².